The average molecular weight is 682 g/mol. The molecule has 2 atom stereocenters. The molecule has 1 aromatic carbocycles. The largest absolute Gasteiger partial charge is 0.405 e. The molecule has 1 aliphatic heterocycles. The highest BCUT2D eigenvalue weighted by Crippen LogP contribution is 2.42. The maximum absolute atomic E-state index is 14.3. The van der Waals surface area contributed by atoms with E-state index in [9.17, 15) is 4.39 Å². The first-order valence-electron chi connectivity index (χ1n) is 16.0. The lowest BCUT2D eigenvalue weighted by atomic mass is 9.90. The van der Waals surface area contributed by atoms with E-state index in [-0.39, 0.29) is 11.9 Å². The van der Waals surface area contributed by atoms with Gasteiger partial charge in [0, 0.05) is 47.1 Å². The van der Waals surface area contributed by atoms with Crippen molar-refractivity contribution in [2.45, 2.75) is 66.8 Å². The van der Waals surface area contributed by atoms with E-state index < -0.39 is 0 Å². The van der Waals surface area contributed by atoms with Crippen molar-refractivity contribution in [3.05, 3.63) is 124 Å². The van der Waals surface area contributed by atoms with Crippen LogP contribution in [0.4, 0.5) is 4.39 Å². The van der Waals surface area contributed by atoms with E-state index >= 15 is 0 Å². The summed E-state index contributed by atoms with van der Waals surface area (Å²) in [6, 6.07) is 9.57. The number of halogens is 2. The molecular formula is C39H44BrFN5+. The number of pyridine rings is 2. The standard InChI is InChI=1S/C37H39BrFN4.C2H5N/c1-8-33-36-35(25(7)43(33)29-12-9-22(4)10-13-29)34(23(5)32(41-36)17-21(2)3)28-18-27-15-16-42(37(27)40-20-28)24(6)26-11-14-30(38)31(39)19-26;1-2-3/h9,11-16,18-22,24H,7-8,10,17H2,1-6H3;2H,1,3H2/q+1;. The second-order valence-electron chi connectivity index (χ2n) is 12.6. The highest BCUT2D eigenvalue weighted by atomic mass is 79.9. The smallest absolute Gasteiger partial charge is 0.214 e. The predicted octanol–water partition coefficient (Wildman–Crippen LogP) is 9.88. The van der Waals surface area contributed by atoms with Crippen LogP contribution in [0.5, 0.6) is 0 Å². The van der Waals surface area contributed by atoms with Crippen LogP contribution in [0, 0.1) is 24.6 Å². The first-order chi connectivity index (χ1) is 22.0. The van der Waals surface area contributed by atoms with E-state index in [0.29, 0.717) is 16.3 Å². The molecule has 0 spiro atoms. The molecule has 4 aromatic rings. The van der Waals surface area contributed by atoms with Crippen LogP contribution in [0.2, 0.25) is 0 Å². The highest BCUT2D eigenvalue weighted by Gasteiger charge is 2.40. The minimum absolute atomic E-state index is 0.0717. The van der Waals surface area contributed by atoms with E-state index in [4.69, 9.17) is 9.97 Å². The van der Waals surface area contributed by atoms with Gasteiger partial charge in [-0.25, -0.2) is 14.4 Å². The summed E-state index contributed by atoms with van der Waals surface area (Å²) in [5, 5.41) is 1.05. The Kier molecular flexibility index (Phi) is 9.92. The number of hydrogen-bond donors (Lipinski definition) is 1. The van der Waals surface area contributed by atoms with Crippen molar-refractivity contribution in [2.24, 2.45) is 17.6 Å². The number of hydrogen-bond acceptors (Lipinski definition) is 3. The second kappa shape index (κ2) is 13.7. The summed E-state index contributed by atoms with van der Waals surface area (Å²) in [7, 11) is 0. The zero-order valence-electron chi connectivity index (χ0n) is 27.7. The topological polar surface area (TPSA) is 59.7 Å². The van der Waals surface area contributed by atoms with Crippen LogP contribution in [-0.2, 0) is 6.42 Å². The molecule has 238 valence electrons. The summed E-state index contributed by atoms with van der Waals surface area (Å²) in [5.41, 5.74) is 16.4. The third-order valence-corrected chi connectivity index (χ3v) is 9.46. The maximum atomic E-state index is 14.3. The van der Waals surface area contributed by atoms with Crippen LogP contribution < -0.4 is 5.73 Å². The Bertz CT molecular complexity index is 1930. The fourth-order valence-corrected chi connectivity index (χ4v) is 6.73. The molecule has 0 saturated carbocycles. The van der Waals surface area contributed by atoms with Gasteiger partial charge in [-0.1, -0.05) is 46.4 Å². The lowest BCUT2D eigenvalue weighted by Gasteiger charge is -2.17. The molecule has 0 amide bonds. The number of nitrogens with two attached hydrogens (primary N) is 1. The highest BCUT2D eigenvalue weighted by molar-refractivity contribution is 9.10. The van der Waals surface area contributed by atoms with E-state index in [1.165, 1.54) is 23.2 Å². The third kappa shape index (κ3) is 6.17. The van der Waals surface area contributed by atoms with E-state index in [2.05, 4.69) is 116 Å². The van der Waals surface area contributed by atoms with Gasteiger partial charge in [0.1, 0.15) is 17.2 Å². The molecule has 7 heteroatoms. The summed E-state index contributed by atoms with van der Waals surface area (Å²) < 4.78 is 19.3. The van der Waals surface area contributed by atoms with Gasteiger partial charge in [0.15, 0.2) is 0 Å². The molecule has 6 rings (SSSR count). The molecule has 2 unspecified atom stereocenters. The van der Waals surface area contributed by atoms with Gasteiger partial charge < -0.3 is 10.3 Å². The Morgan fingerprint density at radius 1 is 1.20 bits per heavy atom. The van der Waals surface area contributed by atoms with Gasteiger partial charge >= 0.3 is 0 Å². The lowest BCUT2D eigenvalue weighted by molar-refractivity contribution is -0.365. The quantitative estimate of drug-likeness (QED) is 0.198. The zero-order valence-corrected chi connectivity index (χ0v) is 29.3. The van der Waals surface area contributed by atoms with E-state index in [1.54, 1.807) is 12.1 Å². The lowest BCUT2D eigenvalue weighted by Crippen LogP contribution is -2.15. The Balaban J connectivity index is 0.00000134. The summed E-state index contributed by atoms with van der Waals surface area (Å²) in [6.07, 6.45) is 14.9. The van der Waals surface area contributed by atoms with Crippen molar-refractivity contribution in [1.82, 2.24) is 14.5 Å². The SMILES string of the molecule is C=C1c2c(nc(CC(C)C)c(C)c2-c2cnc3c(ccn3C(C)c3ccc(Br)c(F)c3)c2)C(CC)=[N+]1C1=CCC(C)C=C1.C=CN. The fourth-order valence-electron chi connectivity index (χ4n) is 6.49. The van der Waals surface area contributed by atoms with Crippen molar-refractivity contribution in [2.75, 3.05) is 0 Å². The van der Waals surface area contributed by atoms with Crippen molar-refractivity contribution in [3.63, 3.8) is 0 Å². The molecule has 0 saturated heterocycles. The van der Waals surface area contributed by atoms with E-state index in [1.807, 2.05) is 18.5 Å². The van der Waals surface area contributed by atoms with Gasteiger partial charge in [-0.05, 0) is 109 Å². The zero-order chi connectivity index (χ0) is 33.3. The minimum Gasteiger partial charge on any atom is -0.405 e. The Hall–Kier alpha value is -4.10. The minimum atomic E-state index is -0.262. The van der Waals surface area contributed by atoms with Gasteiger partial charge in [0.25, 0.3) is 0 Å². The third-order valence-electron chi connectivity index (χ3n) is 8.82. The summed E-state index contributed by atoms with van der Waals surface area (Å²) in [4.78, 5) is 10.3. The Morgan fingerprint density at radius 3 is 2.57 bits per heavy atom. The maximum Gasteiger partial charge on any atom is 0.214 e. The molecule has 0 bridgehead atoms. The molecule has 5 nitrogen and oxygen atoms in total. The van der Waals surface area contributed by atoms with Crippen LogP contribution in [0.3, 0.4) is 0 Å². The van der Waals surface area contributed by atoms with Crippen LogP contribution in [0.15, 0.2) is 90.5 Å². The number of allylic oxidation sites excluding steroid dienone is 3. The Morgan fingerprint density at radius 2 is 1.93 bits per heavy atom. The van der Waals surface area contributed by atoms with Crippen LogP contribution in [0.1, 0.15) is 81.6 Å². The van der Waals surface area contributed by atoms with Crippen molar-refractivity contribution < 1.29 is 8.97 Å². The number of nitrogens with zero attached hydrogens (tertiary/aromatic N) is 4. The molecule has 2 N–H and O–H groups in total. The van der Waals surface area contributed by atoms with Crippen molar-refractivity contribution in [3.8, 4) is 11.1 Å². The molecule has 4 heterocycles. The molecular weight excluding hydrogens is 637 g/mol. The van der Waals surface area contributed by atoms with Crippen molar-refractivity contribution >= 4 is 38.4 Å². The molecule has 2 aliphatic rings. The summed E-state index contributed by atoms with van der Waals surface area (Å²) in [5.74, 6) is 0.756. The first kappa shape index (κ1) is 33.3. The monoisotopic (exact) mass is 680 g/mol. The van der Waals surface area contributed by atoms with E-state index in [0.717, 1.165) is 69.6 Å². The molecule has 0 fully saturated rings. The first-order valence-corrected chi connectivity index (χ1v) is 16.8. The number of rotatable bonds is 7. The van der Waals surface area contributed by atoms with Gasteiger partial charge in [-0.2, -0.15) is 4.58 Å². The van der Waals surface area contributed by atoms with Gasteiger partial charge in [0.05, 0.1) is 16.1 Å². The van der Waals surface area contributed by atoms with Crippen LogP contribution in [0.25, 0.3) is 27.9 Å². The fraction of sp³-hybridized carbons (Fsp3) is 0.308. The van der Waals surface area contributed by atoms with Crippen molar-refractivity contribution in [1.29, 1.82) is 0 Å². The number of aromatic nitrogens is 3. The summed E-state index contributed by atoms with van der Waals surface area (Å²) >= 11 is 3.27. The molecule has 3 aromatic heterocycles. The second-order valence-corrected chi connectivity index (χ2v) is 13.5. The molecule has 0 radical (unpaired) electrons. The number of fused-ring (bicyclic) bond motifs is 2. The Labute approximate surface area is 280 Å². The molecule has 46 heavy (non-hydrogen) atoms. The normalized spacial score (nSPS) is 16.4. The van der Waals surface area contributed by atoms with Crippen LogP contribution >= 0.6 is 15.9 Å². The molecule has 1 aliphatic carbocycles. The predicted molar refractivity (Wildman–Crippen MR) is 193 cm³/mol. The van der Waals surface area contributed by atoms with Gasteiger partial charge in [-0.15, -0.1) is 0 Å². The average Bonchev–Trinajstić information content (AvgIpc) is 3.57. The van der Waals surface area contributed by atoms with Crippen LogP contribution in [-0.4, -0.2) is 24.8 Å². The van der Waals surface area contributed by atoms with Gasteiger partial charge in [-0.3, -0.25) is 0 Å². The number of benzene rings is 1. The van der Waals surface area contributed by atoms with Gasteiger partial charge in [0.2, 0.25) is 17.1 Å². The summed E-state index contributed by atoms with van der Waals surface area (Å²) in [6.45, 7) is 21.0.